The van der Waals surface area contributed by atoms with Crippen LogP contribution in [0.4, 0.5) is 0 Å². The van der Waals surface area contributed by atoms with Crippen molar-refractivity contribution in [3.63, 3.8) is 0 Å². The van der Waals surface area contributed by atoms with Gasteiger partial charge in [-0.05, 0) is 49.7 Å². The van der Waals surface area contributed by atoms with Crippen molar-refractivity contribution in [2.45, 2.75) is 26.4 Å². The molecule has 0 saturated carbocycles. The Kier molecular flexibility index (Phi) is 6.59. The van der Waals surface area contributed by atoms with E-state index in [0.717, 1.165) is 6.42 Å². The minimum atomic E-state index is -0.439. The highest BCUT2D eigenvalue weighted by Crippen LogP contribution is 2.28. The molecule has 0 aliphatic rings. The Bertz CT molecular complexity index is 1030. The van der Waals surface area contributed by atoms with E-state index in [2.05, 4.69) is 11.1 Å². The smallest absolute Gasteiger partial charge is 0.340 e. The van der Waals surface area contributed by atoms with Crippen molar-refractivity contribution in [1.82, 2.24) is 4.98 Å². The second-order valence-corrected chi connectivity index (χ2v) is 6.56. The van der Waals surface area contributed by atoms with E-state index in [1.54, 1.807) is 43.5 Å². The van der Waals surface area contributed by atoms with Crippen molar-refractivity contribution in [2.24, 2.45) is 0 Å². The molecule has 1 aromatic heterocycles. The van der Waals surface area contributed by atoms with Gasteiger partial charge in [0.15, 0.2) is 0 Å². The Labute approximate surface area is 170 Å². The Morgan fingerprint density at radius 3 is 2.66 bits per heavy atom. The lowest BCUT2D eigenvalue weighted by molar-refractivity contribution is 0.0527. The van der Waals surface area contributed by atoms with Crippen molar-refractivity contribution in [3.8, 4) is 23.1 Å². The third-order valence-corrected chi connectivity index (χ3v) is 4.37. The van der Waals surface area contributed by atoms with Crippen LogP contribution in [0.2, 0.25) is 0 Å². The normalized spacial score (nSPS) is 11.3. The van der Waals surface area contributed by atoms with Gasteiger partial charge in [-0.2, -0.15) is 5.26 Å². The van der Waals surface area contributed by atoms with Gasteiger partial charge < -0.3 is 9.47 Å². The standard InChI is InChI=1S/C24H22N2O3/c1-3-28-24(27)21-10-7-13-26-23(21)19-11-12-22(20(15-19)16-25)29-17(2)14-18-8-5-4-6-9-18/h4-13,15,17H,3,14H2,1-2H3. The van der Waals surface area contributed by atoms with Crippen LogP contribution >= 0.6 is 0 Å². The Balaban J connectivity index is 1.85. The van der Waals surface area contributed by atoms with E-state index in [0.29, 0.717) is 28.1 Å². The molecule has 146 valence electrons. The van der Waals surface area contributed by atoms with Crippen molar-refractivity contribution in [2.75, 3.05) is 6.61 Å². The molecule has 2 aromatic carbocycles. The lowest BCUT2D eigenvalue weighted by Crippen LogP contribution is -2.15. The third-order valence-electron chi connectivity index (χ3n) is 4.37. The molecule has 1 unspecified atom stereocenters. The molecule has 5 heteroatoms. The maximum absolute atomic E-state index is 12.2. The number of carbonyl (C=O) groups excluding carboxylic acids is 1. The number of esters is 1. The number of nitrogens with zero attached hydrogens (tertiary/aromatic N) is 2. The number of ether oxygens (including phenoxy) is 2. The molecule has 1 atom stereocenters. The molecule has 0 aliphatic carbocycles. The lowest BCUT2D eigenvalue weighted by Gasteiger charge is -2.16. The number of carbonyl (C=O) groups is 1. The fourth-order valence-electron chi connectivity index (χ4n) is 3.08. The maximum atomic E-state index is 12.2. The van der Waals surface area contributed by atoms with Crippen LogP contribution in [0.3, 0.4) is 0 Å². The van der Waals surface area contributed by atoms with Gasteiger partial charge in [-0.3, -0.25) is 4.98 Å². The molecule has 0 bridgehead atoms. The minimum Gasteiger partial charge on any atom is -0.489 e. The number of nitriles is 1. The van der Waals surface area contributed by atoms with Gasteiger partial charge in [-0.15, -0.1) is 0 Å². The van der Waals surface area contributed by atoms with Gasteiger partial charge in [0.05, 0.1) is 29.5 Å². The molecule has 0 radical (unpaired) electrons. The summed E-state index contributed by atoms with van der Waals surface area (Å²) in [5, 5.41) is 9.61. The highest BCUT2D eigenvalue weighted by Gasteiger charge is 2.17. The summed E-state index contributed by atoms with van der Waals surface area (Å²) in [5.41, 5.74) is 3.06. The average Bonchev–Trinajstić information content (AvgIpc) is 2.75. The van der Waals surface area contributed by atoms with E-state index in [4.69, 9.17) is 9.47 Å². The average molecular weight is 386 g/mol. The zero-order valence-corrected chi connectivity index (χ0v) is 16.5. The summed E-state index contributed by atoms with van der Waals surface area (Å²) < 4.78 is 11.1. The zero-order valence-electron chi connectivity index (χ0n) is 16.5. The van der Waals surface area contributed by atoms with Crippen molar-refractivity contribution < 1.29 is 14.3 Å². The first-order valence-electron chi connectivity index (χ1n) is 9.49. The van der Waals surface area contributed by atoms with Crippen LogP contribution in [-0.2, 0) is 11.2 Å². The van der Waals surface area contributed by atoms with Gasteiger partial charge in [-0.1, -0.05) is 30.3 Å². The lowest BCUT2D eigenvalue weighted by atomic mass is 10.0. The van der Waals surface area contributed by atoms with E-state index >= 15 is 0 Å². The van der Waals surface area contributed by atoms with Gasteiger partial charge in [0, 0.05) is 18.2 Å². The first kappa shape index (κ1) is 20.1. The number of pyridine rings is 1. The molecule has 0 saturated heterocycles. The summed E-state index contributed by atoms with van der Waals surface area (Å²) >= 11 is 0. The SMILES string of the molecule is CCOC(=O)c1cccnc1-c1ccc(OC(C)Cc2ccccc2)c(C#N)c1. The van der Waals surface area contributed by atoms with Gasteiger partial charge in [0.25, 0.3) is 0 Å². The predicted octanol–water partition coefficient (Wildman–Crippen LogP) is 4.81. The van der Waals surface area contributed by atoms with Gasteiger partial charge in [-0.25, -0.2) is 4.79 Å². The third kappa shape index (κ3) is 4.99. The molecule has 0 spiro atoms. The molecule has 0 fully saturated rings. The second kappa shape index (κ2) is 9.52. The number of hydrogen-bond acceptors (Lipinski definition) is 5. The summed E-state index contributed by atoms with van der Waals surface area (Å²) in [5.74, 6) is 0.0687. The maximum Gasteiger partial charge on any atom is 0.340 e. The number of rotatable bonds is 7. The predicted molar refractivity (Wildman–Crippen MR) is 111 cm³/mol. The van der Waals surface area contributed by atoms with Crippen molar-refractivity contribution in [3.05, 3.63) is 83.6 Å². The molecule has 1 heterocycles. The molecular formula is C24H22N2O3. The molecule has 3 rings (SSSR count). The summed E-state index contributed by atoms with van der Waals surface area (Å²) in [6.45, 7) is 4.01. The fourth-order valence-corrected chi connectivity index (χ4v) is 3.08. The number of hydrogen-bond donors (Lipinski definition) is 0. The Morgan fingerprint density at radius 2 is 1.93 bits per heavy atom. The Hall–Kier alpha value is -3.65. The van der Waals surface area contributed by atoms with Crippen LogP contribution in [0.5, 0.6) is 5.75 Å². The largest absolute Gasteiger partial charge is 0.489 e. The Morgan fingerprint density at radius 1 is 1.14 bits per heavy atom. The molecule has 5 nitrogen and oxygen atoms in total. The van der Waals surface area contributed by atoms with Gasteiger partial charge >= 0.3 is 5.97 Å². The van der Waals surface area contributed by atoms with Crippen LogP contribution in [-0.4, -0.2) is 23.7 Å². The van der Waals surface area contributed by atoms with E-state index in [1.165, 1.54) is 5.56 Å². The molecule has 0 N–H and O–H groups in total. The zero-order chi connectivity index (χ0) is 20.6. The second-order valence-electron chi connectivity index (χ2n) is 6.56. The fraction of sp³-hybridized carbons (Fsp3) is 0.208. The van der Waals surface area contributed by atoms with E-state index < -0.39 is 5.97 Å². The summed E-state index contributed by atoms with van der Waals surface area (Å²) in [7, 11) is 0. The van der Waals surface area contributed by atoms with Crippen molar-refractivity contribution in [1.29, 1.82) is 5.26 Å². The molecule has 3 aromatic rings. The van der Waals surface area contributed by atoms with Crippen LogP contribution in [0.25, 0.3) is 11.3 Å². The highest BCUT2D eigenvalue weighted by molar-refractivity contribution is 5.96. The number of benzene rings is 2. The topological polar surface area (TPSA) is 72.2 Å². The van der Waals surface area contributed by atoms with Crippen LogP contribution in [0.1, 0.15) is 35.3 Å². The van der Waals surface area contributed by atoms with Crippen LogP contribution in [0, 0.1) is 11.3 Å². The summed E-state index contributed by atoms with van der Waals surface area (Å²) in [6.07, 6.45) is 2.25. The molecule has 0 amide bonds. The highest BCUT2D eigenvalue weighted by atomic mass is 16.5. The van der Waals surface area contributed by atoms with Crippen molar-refractivity contribution >= 4 is 5.97 Å². The van der Waals surface area contributed by atoms with Gasteiger partial charge in [0.1, 0.15) is 11.8 Å². The van der Waals surface area contributed by atoms with Crippen LogP contribution < -0.4 is 4.74 Å². The van der Waals surface area contributed by atoms with E-state index in [9.17, 15) is 10.1 Å². The summed E-state index contributed by atoms with van der Waals surface area (Å²) in [4.78, 5) is 16.6. The van der Waals surface area contributed by atoms with E-state index in [-0.39, 0.29) is 12.7 Å². The quantitative estimate of drug-likeness (QED) is 0.545. The molecule has 29 heavy (non-hydrogen) atoms. The number of aromatic nitrogens is 1. The van der Waals surface area contributed by atoms with Crippen LogP contribution in [0.15, 0.2) is 66.9 Å². The molecular weight excluding hydrogens is 364 g/mol. The first-order valence-corrected chi connectivity index (χ1v) is 9.49. The first-order chi connectivity index (χ1) is 14.1. The monoisotopic (exact) mass is 386 g/mol. The van der Waals surface area contributed by atoms with Gasteiger partial charge in [0.2, 0.25) is 0 Å². The van der Waals surface area contributed by atoms with E-state index in [1.807, 2.05) is 37.3 Å². The molecule has 0 aliphatic heterocycles. The summed E-state index contributed by atoms with van der Waals surface area (Å²) in [6, 6.07) is 20.8. The minimum absolute atomic E-state index is 0.0970.